The van der Waals surface area contributed by atoms with Crippen LogP contribution in [-0.2, 0) is 23.9 Å². The smallest absolute Gasteiger partial charge is 0.271 e. The molecule has 0 aliphatic heterocycles. The molecule has 0 fully saturated rings. The summed E-state index contributed by atoms with van der Waals surface area (Å²) in [6.45, 7) is 15.3. The minimum atomic E-state index is -4.11. The van der Waals surface area contributed by atoms with Gasteiger partial charge in [-0.15, -0.1) is 0 Å². The van der Waals surface area contributed by atoms with Crippen LogP contribution in [0, 0.1) is 0 Å². The van der Waals surface area contributed by atoms with Crippen LogP contribution < -0.4 is 5.32 Å². The van der Waals surface area contributed by atoms with Crippen molar-refractivity contribution < 1.29 is 22.2 Å². The van der Waals surface area contributed by atoms with Crippen LogP contribution in [0.3, 0.4) is 0 Å². The van der Waals surface area contributed by atoms with E-state index < -0.39 is 15.4 Å². The third-order valence-corrected chi connectivity index (χ3v) is 9.08. The molecule has 0 saturated carbocycles. The molecular formula is C33H51N3O5S. The minimum absolute atomic E-state index is 0.00636. The first kappa shape index (κ1) is 35.4. The molecule has 0 aromatic heterocycles. The van der Waals surface area contributed by atoms with E-state index in [9.17, 15) is 18.0 Å². The van der Waals surface area contributed by atoms with Crippen molar-refractivity contribution in [3.8, 4) is 0 Å². The fraction of sp³-hybridized carbons (Fsp3) is 0.576. The average molecular weight is 602 g/mol. The molecule has 8 nitrogen and oxygen atoms in total. The number of nitrogens with zero attached hydrogens (tertiary/aromatic N) is 2. The number of rotatable bonds is 17. The molecule has 0 heterocycles. The van der Waals surface area contributed by atoms with Crippen LogP contribution >= 0.6 is 0 Å². The molecule has 0 radical (unpaired) electrons. The standard InChI is InChI=1S/C33H51N3O5S/c1-24(2)35(25(3)4)31(37)21-19-30(20-22-32(38)36(26(5)6)27(7)8)42(39,40)41-23-34-33(28-15-11-9-12-16-28)29-17-13-10-14-18-29/h9-18,24-27,30,33-34H,19-23H2,1-8H3. The lowest BCUT2D eigenvalue weighted by atomic mass is 9.99. The van der Waals surface area contributed by atoms with Crippen LogP contribution in [0.25, 0.3) is 0 Å². The van der Waals surface area contributed by atoms with E-state index in [-0.39, 0.29) is 74.4 Å². The largest absolute Gasteiger partial charge is 0.338 e. The van der Waals surface area contributed by atoms with E-state index in [1.54, 1.807) is 9.80 Å². The Hall–Kier alpha value is -2.75. The molecule has 0 bridgehead atoms. The quantitative estimate of drug-likeness (QED) is 0.179. The van der Waals surface area contributed by atoms with Gasteiger partial charge in [-0.25, -0.2) is 0 Å². The Balaban J connectivity index is 2.22. The summed E-state index contributed by atoms with van der Waals surface area (Å²) in [5.74, 6) is -0.215. The van der Waals surface area contributed by atoms with Crippen molar-refractivity contribution in [3.05, 3.63) is 71.8 Å². The van der Waals surface area contributed by atoms with Gasteiger partial charge in [0.05, 0.1) is 11.3 Å². The van der Waals surface area contributed by atoms with Crippen molar-refractivity contribution in [1.82, 2.24) is 15.1 Å². The molecule has 2 aromatic carbocycles. The fourth-order valence-corrected chi connectivity index (χ4v) is 6.86. The molecule has 2 aromatic rings. The van der Waals surface area contributed by atoms with E-state index in [0.717, 1.165) is 11.1 Å². The molecule has 0 aliphatic carbocycles. The van der Waals surface area contributed by atoms with Crippen LogP contribution in [0.2, 0.25) is 0 Å². The zero-order valence-corrected chi connectivity index (χ0v) is 27.4. The summed E-state index contributed by atoms with van der Waals surface area (Å²) >= 11 is 0. The maximum absolute atomic E-state index is 13.6. The summed E-state index contributed by atoms with van der Waals surface area (Å²) in [4.78, 5) is 29.7. The molecule has 1 N–H and O–H groups in total. The van der Waals surface area contributed by atoms with E-state index in [1.807, 2.05) is 116 Å². The van der Waals surface area contributed by atoms with Crippen molar-refractivity contribution >= 4 is 21.9 Å². The molecular weight excluding hydrogens is 550 g/mol. The number of carbonyl (C=O) groups excluding carboxylic acids is 2. The van der Waals surface area contributed by atoms with Crippen LogP contribution in [0.1, 0.15) is 98.2 Å². The maximum Gasteiger partial charge on any atom is 0.271 e. The van der Waals surface area contributed by atoms with Gasteiger partial charge < -0.3 is 9.80 Å². The Morgan fingerprint density at radius 1 is 0.667 bits per heavy atom. The predicted molar refractivity (Wildman–Crippen MR) is 169 cm³/mol. The van der Waals surface area contributed by atoms with Crippen LogP contribution in [-0.4, -0.2) is 66.2 Å². The van der Waals surface area contributed by atoms with Gasteiger partial charge in [-0.3, -0.25) is 19.1 Å². The second-order valence-electron chi connectivity index (χ2n) is 11.9. The van der Waals surface area contributed by atoms with Gasteiger partial charge >= 0.3 is 0 Å². The van der Waals surface area contributed by atoms with Gasteiger partial charge in [-0.1, -0.05) is 60.7 Å². The summed E-state index contributed by atoms with van der Waals surface area (Å²) in [7, 11) is -4.11. The number of nitrogens with one attached hydrogen (secondary N) is 1. The summed E-state index contributed by atoms with van der Waals surface area (Å²) in [5.41, 5.74) is 1.95. The first-order valence-corrected chi connectivity index (χ1v) is 16.6. The second kappa shape index (κ2) is 16.8. The highest BCUT2D eigenvalue weighted by Gasteiger charge is 2.31. The molecule has 234 valence electrons. The number of amides is 2. The van der Waals surface area contributed by atoms with Crippen molar-refractivity contribution in [1.29, 1.82) is 0 Å². The molecule has 0 unspecified atom stereocenters. The van der Waals surface area contributed by atoms with Gasteiger partial charge in [0, 0.05) is 37.0 Å². The average Bonchev–Trinajstić information content (AvgIpc) is 2.91. The number of carbonyl (C=O) groups is 2. The maximum atomic E-state index is 13.6. The second-order valence-corrected chi connectivity index (χ2v) is 13.8. The van der Waals surface area contributed by atoms with E-state index in [0.29, 0.717) is 0 Å². The lowest BCUT2D eigenvalue weighted by Crippen LogP contribution is -2.43. The van der Waals surface area contributed by atoms with Crippen LogP contribution in [0.4, 0.5) is 0 Å². The Labute approximate surface area is 253 Å². The Bertz CT molecular complexity index is 1110. The number of benzene rings is 2. The highest BCUT2D eigenvalue weighted by molar-refractivity contribution is 7.87. The van der Waals surface area contributed by atoms with E-state index >= 15 is 0 Å². The Kier molecular flexibility index (Phi) is 14.2. The van der Waals surface area contributed by atoms with Crippen molar-refractivity contribution in [3.63, 3.8) is 0 Å². The summed E-state index contributed by atoms with van der Waals surface area (Å²) in [6, 6.07) is 19.2. The molecule has 42 heavy (non-hydrogen) atoms. The lowest BCUT2D eigenvalue weighted by molar-refractivity contribution is -0.135. The molecule has 2 amide bonds. The zero-order valence-electron chi connectivity index (χ0n) is 26.6. The minimum Gasteiger partial charge on any atom is -0.338 e. The summed E-state index contributed by atoms with van der Waals surface area (Å²) in [6.07, 6.45) is 0.267. The third kappa shape index (κ3) is 10.5. The lowest BCUT2D eigenvalue weighted by Gasteiger charge is -2.32. The van der Waals surface area contributed by atoms with Gasteiger partial charge in [-0.05, 0) is 79.4 Å². The van der Waals surface area contributed by atoms with Gasteiger partial charge in [0.25, 0.3) is 10.1 Å². The summed E-state index contributed by atoms with van der Waals surface area (Å²) in [5, 5.41) is 2.24. The van der Waals surface area contributed by atoms with Crippen molar-refractivity contribution in [2.24, 2.45) is 0 Å². The SMILES string of the molecule is CC(C)N(C(=O)CCC(CCC(=O)N(C(C)C)C(C)C)S(=O)(=O)OCNC(c1ccccc1)c1ccccc1)C(C)C. The Morgan fingerprint density at radius 2 is 1.02 bits per heavy atom. The highest BCUT2D eigenvalue weighted by atomic mass is 32.2. The highest BCUT2D eigenvalue weighted by Crippen LogP contribution is 2.24. The van der Waals surface area contributed by atoms with E-state index in [1.165, 1.54) is 0 Å². The van der Waals surface area contributed by atoms with Gasteiger partial charge in [-0.2, -0.15) is 8.42 Å². The molecule has 0 aliphatic rings. The molecule has 2 rings (SSSR count). The predicted octanol–water partition coefficient (Wildman–Crippen LogP) is 5.89. The van der Waals surface area contributed by atoms with Crippen molar-refractivity contribution in [2.75, 3.05) is 6.73 Å². The van der Waals surface area contributed by atoms with Crippen molar-refractivity contribution in [2.45, 2.75) is 117 Å². The third-order valence-electron chi connectivity index (χ3n) is 7.35. The topological polar surface area (TPSA) is 96.0 Å². The first-order valence-electron chi connectivity index (χ1n) is 15.1. The molecule has 0 atom stereocenters. The van der Waals surface area contributed by atoms with Gasteiger partial charge in [0.2, 0.25) is 11.8 Å². The van der Waals surface area contributed by atoms with Gasteiger partial charge in [0.1, 0.15) is 6.73 Å². The Morgan fingerprint density at radius 3 is 1.36 bits per heavy atom. The van der Waals surface area contributed by atoms with Gasteiger partial charge in [0.15, 0.2) is 0 Å². The first-order chi connectivity index (χ1) is 19.8. The monoisotopic (exact) mass is 601 g/mol. The molecule has 0 saturated heterocycles. The number of hydrogen-bond acceptors (Lipinski definition) is 6. The fourth-order valence-electron chi connectivity index (χ4n) is 5.62. The zero-order chi connectivity index (χ0) is 31.4. The van der Waals surface area contributed by atoms with Crippen LogP contribution in [0.15, 0.2) is 60.7 Å². The van der Waals surface area contributed by atoms with Crippen LogP contribution in [0.5, 0.6) is 0 Å². The normalized spacial score (nSPS) is 12.2. The van der Waals surface area contributed by atoms with E-state index in [2.05, 4.69) is 5.32 Å². The van der Waals surface area contributed by atoms with E-state index in [4.69, 9.17) is 4.18 Å². The number of hydrogen-bond donors (Lipinski definition) is 1. The molecule has 0 spiro atoms. The molecule has 9 heteroatoms. The summed E-state index contributed by atoms with van der Waals surface area (Å²) < 4.78 is 32.7.